The molecule has 0 aliphatic carbocycles. The summed E-state index contributed by atoms with van der Waals surface area (Å²) in [6, 6.07) is 7.25. The second-order valence-corrected chi connectivity index (χ2v) is 3.88. The lowest BCUT2D eigenvalue weighted by molar-refractivity contribution is 0.0600. The van der Waals surface area contributed by atoms with Crippen LogP contribution < -0.4 is 5.32 Å². The lowest BCUT2D eigenvalue weighted by atomic mass is 10.1. The molecule has 0 heterocycles. The van der Waals surface area contributed by atoms with Gasteiger partial charge in [-0.2, -0.15) is 0 Å². The number of carbonyl (C=O) groups is 1. The number of hydrogen-bond donors (Lipinski definition) is 2. The Morgan fingerprint density at radius 1 is 1.53 bits per heavy atom. The van der Waals surface area contributed by atoms with Crippen LogP contribution in [0.3, 0.4) is 0 Å². The zero-order chi connectivity index (χ0) is 12.7. The average Bonchev–Trinajstić information content (AvgIpc) is 2.38. The monoisotopic (exact) mass is 237 g/mol. The van der Waals surface area contributed by atoms with Crippen LogP contribution in [-0.2, 0) is 11.3 Å². The number of methoxy groups -OCH3 is 1. The van der Waals surface area contributed by atoms with E-state index in [4.69, 9.17) is 0 Å². The number of benzene rings is 1. The molecule has 1 aromatic carbocycles. The van der Waals surface area contributed by atoms with Gasteiger partial charge in [0.1, 0.15) is 0 Å². The molecule has 0 spiro atoms. The molecule has 2 N–H and O–H groups in total. The molecular weight excluding hydrogens is 218 g/mol. The predicted molar refractivity (Wildman–Crippen MR) is 65.8 cm³/mol. The standard InChI is InChI=1S/C13H19NO3/c1-3-12(15)9-14-8-10-5-4-6-11(7-10)13(16)17-2/h4-7,12,14-15H,3,8-9H2,1-2H3. The molecule has 1 unspecified atom stereocenters. The number of nitrogens with one attached hydrogen (secondary N) is 1. The summed E-state index contributed by atoms with van der Waals surface area (Å²) >= 11 is 0. The lowest BCUT2D eigenvalue weighted by Crippen LogP contribution is -2.25. The first kappa shape index (κ1) is 13.7. The first-order chi connectivity index (χ1) is 8.17. The minimum absolute atomic E-state index is 0.321. The van der Waals surface area contributed by atoms with Crippen molar-refractivity contribution in [3.63, 3.8) is 0 Å². The summed E-state index contributed by atoms with van der Waals surface area (Å²) in [6.07, 6.45) is 0.411. The SMILES string of the molecule is CCC(O)CNCc1cccc(C(=O)OC)c1. The van der Waals surface area contributed by atoms with Gasteiger partial charge in [-0.05, 0) is 24.1 Å². The summed E-state index contributed by atoms with van der Waals surface area (Å²) in [5.74, 6) is -0.333. The van der Waals surface area contributed by atoms with Crippen molar-refractivity contribution in [1.29, 1.82) is 0 Å². The Morgan fingerprint density at radius 2 is 2.29 bits per heavy atom. The predicted octanol–water partition coefficient (Wildman–Crippen LogP) is 1.33. The van der Waals surface area contributed by atoms with E-state index in [1.165, 1.54) is 7.11 Å². The molecule has 0 radical (unpaired) electrons. The van der Waals surface area contributed by atoms with Gasteiger partial charge in [0, 0.05) is 13.1 Å². The van der Waals surface area contributed by atoms with Gasteiger partial charge in [-0.15, -0.1) is 0 Å². The van der Waals surface area contributed by atoms with Crippen molar-refractivity contribution in [3.05, 3.63) is 35.4 Å². The number of aliphatic hydroxyl groups excluding tert-OH is 1. The highest BCUT2D eigenvalue weighted by Gasteiger charge is 2.05. The van der Waals surface area contributed by atoms with Gasteiger partial charge >= 0.3 is 5.97 Å². The Balaban J connectivity index is 2.51. The van der Waals surface area contributed by atoms with Crippen molar-refractivity contribution in [2.45, 2.75) is 26.0 Å². The average molecular weight is 237 g/mol. The smallest absolute Gasteiger partial charge is 0.337 e. The Bertz CT molecular complexity index is 365. The molecule has 4 nitrogen and oxygen atoms in total. The normalized spacial score (nSPS) is 12.2. The summed E-state index contributed by atoms with van der Waals surface area (Å²) in [6.45, 7) is 3.12. The zero-order valence-electron chi connectivity index (χ0n) is 10.3. The molecule has 1 aromatic rings. The van der Waals surface area contributed by atoms with Gasteiger partial charge in [-0.1, -0.05) is 19.1 Å². The second-order valence-electron chi connectivity index (χ2n) is 3.88. The Hall–Kier alpha value is -1.39. The summed E-state index contributed by atoms with van der Waals surface area (Å²) < 4.78 is 4.65. The van der Waals surface area contributed by atoms with Crippen LogP contribution in [-0.4, -0.2) is 30.8 Å². The molecule has 17 heavy (non-hydrogen) atoms. The number of esters is 1. The lowest BCUT2D eigenvalue weighted by Gasteiger charge is -2.09. The van der Waals surface area contributed by atoms with Crippen molar-refractivity contribution in [2.24, 2.45) is 0 Å². The molecule has 1 atom stereocenters. The maximum atomic E-state index is 11.3. The van der Waals surface area contributed by atoms with Crippen LogP contribution in [0.2, 0.25) is 0 Å². The van der Waals surface area contributed by atoms with Gasteiger partial charge < -0.3 is 15.2 Å². The molecule has 0 bridgehead atoms. The van der Waals surface area contributed by atoms with Crippen molar-refractivity contribution in [3.8, 4) is 0 Å². The second kappa shape index (κ2) is 7.04. The van der Waals surface area contributed by atoms with Gasteiger partial charge in [0.25, 0.3) is 0 Å². The molecule has 0 aromatic heterocycles. The van der Waals surface area contributed by atoms with E-state index in [-0.39, 0.29) is 12.1 Å². The van der Waals surface area contributed by atoms with Crippen LogP contribution in [0.4, 0.5) is 0 Å². The van der Waals surface area contributed by atoms with E-state index in [0.29, 0.717) is 18.7 Å². The third-order valence-corrected chi connectivity index (χ3v) is 2.53. The number of rotatable bonds is 6. The fourth-order valence-electron chi connectivity index (χ4n) is 1.45. The minimum atomic E-state index is -0.333. The van der Waals surface area contributed by atoms with E-state index < -0.39 is 0 Å². The molecule has 1 rings (SSSR count). The Morgan fingerprint density at radius 3 is 2.94 bits per heavy atom. The molecule has 0 amide bonds. The first-order valence-corrected chi connectivity index (χ1v) is 5.73. The van der Waals surface area contributed by atoms with E-state index in [1.54, 1.807) is 12.1 Å². The summed E-state index contributed by atoms with van der Waals surface area (Å²) in [7, 11) is 1.37. The van der Waals surface area contributed by atoms with Gasteiger partial charge in [-0.3, -0.25) is 0 Å². The van der Waals surface area contributed by atoms with Crippen LogP contribution in [0.25, 0.3) is 0 Å². The molecule has 0 fully saturated rings. The van der Waals surface area contributed by atoms with Crippen molar-refractivity contribution >= 4 is 5.97 Å². The molecular formula is C13H19NO3. The number of aliphatic hydroxyl groups is 1. The Labute approximate surface area is 102 Å². The van der Waals surface area contributed by atoms with Gasteiger partial charge in [-0.25, -0.2) is 4.79 Å². The van der Waals surface area contributed by atoms with E-state index in [1.807, 2.05) is 19.1 Å². The molecule has 0 saturated heterocycles. The quantitative estimate of drug-likeness (QED) is 0.733. The number of carbonyl (C=O) groups excluding carboxylic acids is 1. The van der Waals surface area contributed by atoms with Gasteiger partial charge in [0.2, 0.25) is 0 Å². The highest BCUT2D eigenvalue weighted by Crippen LogP contribution is 2.06. The van der Waals surface area contributed by atoms with Crippen molar-refractivity contribution in [2.75, 3.05) is 13.7 Å². The van der Waals surface area contributed by atoms with E-state index in [2.05, 4.69) is 10.1 Å². The summed E-state index contributed by atoms with van der Waals surface area (Å²) in [5.41, 5.74) is 1.54. The van der Waals surface area contributed by atoms with Crippen LogP contribution in [0.1, 0.15) is 29.3 Å². The highest BCUT2D eigenvalue weighted by molar-refractivity contribution is 5.89. The first-order valence-electron chi connectivity index (χ1n) is 5.73. The van der Waals surface area contributed by atoms with Gasteiger partial charge in [0.15, 0.2) is 0 Å². The number of ether oxygens (including phenoxy) is 1. The molecule has 0 saturated carbocycles. The summed E-state index contributed by atoms with van der Waals surface area (Å²) in [5, 5.41) is 12.5. The largest absolute Gasteiger partial charge is 0.465 e. The van der Waals surface area contributed by atoms with Crippen LogP contribution in [0, 0.1) is 0 Å². The maximum absolute atomic E-state index is 11.3. The summed E-state index contributed by atoms with van der Waals surface area (Å²) in [4.78, 5) is 11.3. The topological polar surface area (TPSA) is 58.6 Å². The molecule has 0 aliphatic heterocycles. The van der Waals surface area contributed by atoms with E-state index >= 15 is 0 Å². The molecule has 0 aliphatic rings. The van der Waals surface area contributed by atoms with Crippen LogP contribution >= 0.6 is 0 Å². The van der Waals surface area contributed by atoms with Gasteiger partial charge in [0.05, 0.1) is 18.8 Å². The van der Waals surface area contributed by atoms with Crippen LogP contribution in [0.15, 0.2) is 24.3 Å². The molecule has 94 valence electrons. The zero-order valence-corrected chi connectivity index (χ0v) is 10.3. The fourth-order valence-corrected chi connectivity index (χ4v) is 1.45. The Kier molecular flexibility index (Phi) is 5.66. The maximum Gasteiger partial charge on any atom is 0.337 e. The molecule has 4 heteroatoms. The van der Waals surface area contributed by atoms with E-state index in [9.17, 15) is 9.90 Å². The highest BCUT2D eigenvalue weighted by atomic mass is 16.5. The minimum Gasteiger partial charge on any atom is -0.465 e. The fraction of sp³-hybridized carbons (Fsp3) is 0.462. The van der Waals surface area contributed by atoms with E-state index in [0.717, 1.165) is 12.0 Å². The van der Waals surface area contributed by atoms with Crippen molar-refractivity contribution in [1.82, 2.24) is 5.32 Å². The van der Waals surface area contributed by atoms with Crippen molar-refractivity contribution < 1.29 is 14.6 Å². The third kappa shape index (κ3) is 4.54. The number of hydrogen-bond acceptors (Lipinski definition) is 4. The third-order valence-electron chi connectivity index (χ3n) is 2.53. The van der Waals surface area contributed by atoms with Crippen LogP contribution in [0.5, 0.6) is 0 Å².